The molecule has 1 heterocycles. The molecular weight excluding hydrogens is 181 g/mol. The summed E-state index contributed by atoms with van der Waals surface area (Å²) >= 11 is 0. The number of methoxy groups -OCH3 is 1. The lowest BCUT2D eigenvalue weighted by Crippen LogP contribution is -2.29. The van der Waals surface area contributed by atoms with E-state index in [4.69, 9.17) is 4.74 Å². The van der Waals surface area contributed by atoms with Gasteiger partial charge in [0, 0.05) is 17.2 Å². The highest BCUT2D eigenvalue weighted by atomic mass is 19.1. The molecule has 2 rings (SSSR count). The highest BCUT2D eigenvalue weighted by molar-refractivity contribution is 5.44. The van der Waals surface area contributed by atoms with Gasteiger partial charge in [-0.1, -0.05) is 0 Å². The van der Waals surface area contributed by atoms with Gasteiger partial charge in [0.15, 0.2) is 0 Å². The van der Waals surface area contributed by atoms with Crippen LogP contribution in [-0.4, -0.2) is 13.7 Å². The van der Waals surface area contributed by atoms with Gasteiger partial charge in [0.05, 0.1) is 7.11 Å². The van der Waals surface area contributed by atoms with Gasteiger partial charge in [-0.15, -0.1) is 0 Å². The summed E-state index contributed by atoms with van der Waals surface area (Å²) in [7, 11) is 1.63. The van der Waals surface area contributed by atoms with Gasteiger partial charge in [-0.3, -0.25) is 0 Å². The van der Waals surface area contributed by atoms with Crippen molar-refractivity contribution in [2.24, 2.45) is 0 Å². The molecule has 76 valence electrons. The van der Waals surface area contributed by atoms with Gasteiger partial charge < -0.3 is 10.1 Å². The predicted octanol–water partition coefficient (Wildman–Crippen LogP) is 2.04. The summed E-state index contributed by atoms with van der Waals surface area (Å²) in [5, 5.41) is 3.23. The molecule has 1 aromatic carbocycles. The summed E-state index contributed by atoms with van der Waals surface area (Å²) in [6.45, 7) is 2.86. The minimum atomic E-state index is -0.138. The Balaban J connectivity index is 2.57. The van der Waals surface area contributed by atoms with E-state index in [9.17, 15) is 4.39 Å². The normalized spacial score (nSPS) is 20.4. The number of benzene rings is 1. The zero-order valence-corrected chi connectivity index (χ0v) is 8.43. The number of ether oxygens (including phenoxy) is 1. The first kappa shape index (κ1) is 9.46. The van der Waals surface area contributed by atoms with Crippen molar-refractivity contribution in [1.29, 1.82) is 0 Å². The monoisotopic (exact) mass is 195 g/mol. The molecule has 2 nitrogen and oxygen atoms in total. The maximum Gasteiger partial charge on any atom is 0.128 e. The van der Waals surface area contributed by atoms with Crippen molar-refractivity contribution in [3.05, 3.63) is 29.1 Å². The van der Waals surface area contributed by atoms with Crippen molar-refractivity contribution in [3.8, 4) is 5.75 Å². The molecule has 0 radical (unpaired) electrons. The van der Waals surface area contributed by atoms with Crippen LogP contribution in [0.25, 0.3) is 0 Å². The van der Waals surface area contributed by atoms with Crippen LogP contribution in [0, 0.1) is 5.82 Å². The van der Waals surface area contributed by atoms with Crippen LogP contribution in [-0.2, 0) is 6.42 Å². The zero-order valence-electron chi connectivity index (χ0n) is 8.43. The fourth-order valence-corrected chi connectivity index (χ4v) is 2.05. The third kappa shape index (κ3) is 1.38. The molecule has 0 unspecified atom stereocenters. The second-order valence-corrected chi connectivity index (χ2v) is 3.57. The maximum atomic E-state index is 13.5. The van der Waals surface area contributed by atoms with Crippen molar-refractivity contribution in [3.63, 3.8) is 0 Å². The lowest BCUT2D eigenvalue weighted by atomic mass is 9.94. The van der Waals surface area contributed by atoms with E-state index in [1.54, 1.807) is 13.2 Å². The van der Waals surface area contributed by atoms with Crippen LogP contribution in [0.5, 0.6) is 5.75 Å². The summed E-state index contributed by atoms with van der Waals surface area (Å²) in [4.78, 5) is 0. The van der Waals surface area contributed by atoms with E-state index in [-0.39, 0.29) is 11.9 Å². The first-order chi connectivity index (χ1) is 6.74. The van der Waals surface area contributed by atoms with Gasteiger partial charge in [0.25, 0.3) is 0 Å². The van der Waals surface area contributed by atoms with Crippen LogP contribution < -0.4 is 10.1 Å². The van der Waals surface area contributed by atoms with Gasteiger partial charge in [-0.05, 0) is 32.0 Å². The van der Waals surface area contributed by atoms with E-state index in [1.807, 2.05) is 6.92 Å². The number of rotatable bonds is 1. The van der Waals surface area contributed by atoms with Gasteiger partial charge in [0.2, 0.25) is 0 Å². The average Bonchev–Trinajstić information content (AvgIpc) is 2.18. The van der Waals surface area contributed by atoms with E-state index >= 15 is 0 Å². The van der Waals surface area contributed by atoms with Crippen LogP contribution in [0.2, 0.25) is 0 Å². The number of fused-ring (bicyclic) bond motifs is 1. The molecule has 0 saturated carbocycles. The Morgan fingerprint density at radius 2 is 2.29 bits per heavy atom. The molecule has 1 aliphatic heterocycles. The summed E-state index contributed by atoms with van der Waals surface area (Å²) in [6, 6.07) is 3.25. The zero-order chi connectivity index (χ0) is 10.1. The maximum absolute atomic E-state index is 13.5. The summed E-state index contributed by atoms with van der Waals surface area (Å²) in [5.74, 6) is 0.662. The minimum Gasteiger partial charge on any atom is -0.496 e. The number of halogens is 1. The molecule has 0 fully saturated rings. The number of nitrogens with one attached hydrogen (secondary N) is 1. The van der Waals surface area contributed by atoms with Crippen molar-refractivity contribution in [2.75, 3.05) is 13.7 Å². The van der Waals surface area contributed by atoms with E-state index in [0.717, 1.165) is 29.8 Å². The first-order valence-electron chi connectivity index (χ1n) is 4.82. The average molecular weight is 195 g/mol. The van der Waals surface area contributed by atoms with Crippen molar-refractivity contribution < 1.29 is 9.13 Å². The first-order valence-corrected chi connectivity index (χ1v) is 4.82. The Labute approximate surface area is 83.1 Å². The Kier molecular flexibility index (Phi) is 2.42. The second-order valence-electron chi connectivity index (χ2n) is 3.57. The molecule has 1 N–H and O–H groups in total. The largest absolute Gasteiger partial charge is 0.496 e. The van der Waals surface area contributed by atoms with E-state index in [0.29, 0.717) is 0 Å². The van der Waals surface area contributed by atoms with Crippen molar-refractivity contribution >= 4 is 0 Å². The fraction of sp³-hybridized carbons (Fsp3) is 0.455. The third-order valence-electron chi connectivity index (χ3n) is 2.74. The predicted molar refractivity (Wildman–Crippen MR) is 53.1 cm³/mol. The van der Waals surface area contributed by atoms with Gasteiger partial charge in [-0.25, -0.2) is 4.39 Å². The molecule has 3 heteroatoms. The highest BCUT2D eigenvalue weighted by Crippen LogP contribution is 2.32. The van der Waals surface area contributed by atoms with E-state index < -0.39 is 0 Å². The second kappa shape index (κ2) is 3.58. The van der Waals surface area contributed by atoms with Gasteiger partial charge in [-0.2, -0.15) is 0 Å². The standard InChI is InChI=1S/C11H14FNO/c1-7-11-8(5-6-13-7)10(14-2)4-3-9(11)12/h3-4,7,13H,5-6H2,1-2H3/t7-/m1/s1. The lowest BCUT2D eigenvalue weighted by molar-refractivity contribution is 0.398. The molecule has 1 atom stereocenters. The Morgan fingerprint density at radius 1 is 1.50 bits per heavy atom. The topological polar surface area (TPSA) is 21.3 Å². The van der Waals surface area contributed by atoms with Crippen LogP contribution >= 0.6 is 0 Å². The van der Waals surface area contributed by atoms with Crippen LogP contribution in [0.1, 0.15) is 24.1 Å². The molecule has 0 saturated heterocycles. The molecule has 14 heavy (non-hydrogen) atoms. The summed E-state index contributed by atoms with van der Waals surface area (Å²) in [6.07, 6.45) is 0.834. The van der Waals surface area contributed by atoms with Crippen molar-refractivity contribution in [1.82, 2.24) is 5.32 Å². The molecular formula is C11H14FNO. The SMILES string of the molecule is COc1ccc(F)c2c1CCN[C@@H]2C. The molecule has 1 aromatic rings. The summed E-state index contributed by atoms with van der Waals surface area (Å²) in [5.41, 5.74) is 1.77. The quantitative estimate of drug-likeness (QED) is 0.740. The number of hydrogen-bond donors (Lipinski definition) is 1. The molecule has 0 amide bonds. The highest BCUT2D eigenvalue weighted by Gasteiger charge is 2.22. The third-order valence-corrected chi connectivity index (χ3v) is 2.74. The summed E-state index contributed by atoms with van der Waals surface area (Å²) < 4.78 is 18.8. The molecule has 0 bridgehead atoms. The van der Waals surface area contributed by atoms with Crippen LogP contribution in [0.3, 0.4) is 0 Å². The number of hydrogen-bond acceptors (Lipinski definition) is 2. The van der Waals surface area contributed by atoms with Gasteiger partial charge in [0.1, 0.15) is 11.6 Å². The van der Waals surface area contributed by atoms with Gasteiger partial charge >= 0.3 is 0 Å². The fourth-order valence-electron chi connectivity index (χ4n) is 2.05. The van der Waals surface area contributed by atoms with Crippen molar-refractivity contribution in [2.45, 2.75) is 19.4 Å². The van der Waals surface area contributed by atoms with E-state index in [1.165, 1.54) is 6.07 Å². The smallest absolute Gasteiger partial charge is 0.128 e. The minimum absolute atomic E-state index is 0.0776. The molecule has 1 aliphatic rings. The Bertz CT molecular complexity index is 351. The van der Waals surface area contributed by atoms with Crippen LogP contribution in [0.15, 0.2) is 12.1 Å². The Hall–Kier alpha value is -1.09. The molecule has 0 aromatic heterocycles. The molecule has 0 spiro atoms. The Morgan fingerprint density at radius 3 is 3.00 bits per heavy atom. The van der Waals surface area contributed by atoms with E-state index in [2.05, 4.69) is 5.32 Å². The van der Waals surface area contributed by atoms with Crippen LogP contribution in [0.4, 0.5) is 4.39 Å². The molecule has 0 aliphatic carbocycles. The lowest BCUT2D eigenvalue weighted by Gasteiger charge is -2.25.